The molecule has 1 aromatic rings. The van der Waals surface area contributed by atoms with Crippen molar-refractivity contribution < 1.29 is 12.6 Å². The van der Waals surface area contributed by atoms with Gasteiger partial charge in [-0.2, -0.15) is 8.42 Å². The molecule has 90 valence electrons. The van der Waals surface area contributed by atoms with Gasteiger partial charge in [0.25, 0.3) is 10.1 Å². The summed E-state index contributed by atoms with van der Waals surface area (Å²) in [5.74, 6) is 2.75. The van der Waals surface area contributed by atoms with Gasteiger partial charge in [0.15, 0.2) is 0 Å². The Morgan fingerprint density at radius 3 is 2.41 bits per heavy atom. The maximum atomic E-state index is 11.9. The van der Waals surface area contributed by atoms with Gasteiger partial charge in [-0.25, -0.2) is 0 Å². The molecule has 0 N–H and O–H groups in total. The van der Waals surface area contributed by atoms with Gasteiger partial charge in [0.2, 0.25) is 0 Å². The molecule has 0 saturated heterocycles. The zero-order valence-corrected chi connectivity index (χ0v) is 10.4. The second-order valence-corrected chi connectivity index (χ2v) is 5.89. The summed E-state index contributed by atoms with van der Waals surface area (Å²) in [7, 11) is -3.64. The monoisotopic (exact) mass is 250 g/mol. The molecule has 3 nitrogen and oxygen atoms in total. The van der Waals surface area contributed by atoms with Crippen LogP contribution in [0.25, 0.3) is 0 Å². The smallest absolute Gasteiger partial charge is 0.263 e. The number of rotatable bonds is 3. The lowest BCUT2D eigenvalue weighted by Crippen LogP contribution is -2.32. The van der Waals surface area contributed by atoms with Gasteiger partial charge in [-0.05, 0) is 31.9 Å². The van der Waals surface area contributed by atoms with Gasteiger partial charge >= 0.3 is 0 Å². The van der Waals surface area contributed by atoms with E-state index in [1.807, 2.05) is 6.92 Å². The van der Waals surface area contributed by atoms with Crippen molar-refractivity contribution in [3.8, 4) is 12.3 Å². The molecule has 0 amide bonds. The van der Waals surface area contributed by atoms with Gasteiger partial charge in [-0.3, -0.25) is 4.18 Å². The number of terminal acetylenes is 1. The molecule has 1 aliphatic carbocycles. The first kappa shape index (κ1) is 12.2. The van der Waals surface area contributed by atoms with Crippen LogP contribution in [0.3, 0.4) is 0 Å². The van der Waals surface area contributed by atoms with Gasteiger partial charge in [0.05, 0.1) is 11.0 Å². The lowest BCUT2D eigenvalue weighted by molar-refractivity contribution is 0.0970. The highest BCUT2D eigenvalue weighted by Gasteiger charge is 2.33. The quantitative estimate of drug-likeness (QED) is 0.609. The van der Waals surface area contributed by atoms with Crippen molar-refractivity contribution in [2.24, 2.45) is 5.92 Å². The minimum Gasteiger partial charge on any atom is -0.263 e. The third-order valence-electron chi connectivity index (χ3n) is 2.90. The lowest BCUT2D eigenvalue weighted by Gasteiger charge is -2.30. The first-order valence-electron chi connectivity index (χ1n) is 5.47. The Morgan fingerprint density at radius 1 is 1.29 bits per heavy atom. The van der Waals surface area contributed by atoms with E-state index in [4.69, 9.17) is 10.6 Å². The number of hydrogen-bond acceptors (Lipinski definition) is 3. The molecule has 1 fully saturated rings. The van der Waals surface area contributed by atoms with Crippen molar-refractivity contribution in [2.75, 3.05) is 0 Å². The lowest BCUT2D eigenvalue weighted by atomic mass is 9.83. The largest absolute Gasteiger partial charge is 0.297 e. The van der Waals surface area contributed by atoms with Crippen molar-refractivity contribution >= 4 is 10.1 Å². The van der Waals surface area contributed by atoms with Crippen molar-refractivity contribution in [2.45, 2.75) is 30.8 Å². The summed E-state index contributed by atoms with van der Waals surface area (Å²) in [5, 5.41) is 0. The van der Waals surface area contributed by atoms with E-state index in [0.29, 0.717) is 12.8 Å². The Labute approximate surface area is 102 Å². The fourth-order valence-corrected chi connectivity index (χ4v) is 2.82. The van der Waals surface area contributed by atoms with Crippen LogP contribution in [-0.2, 0) is 14.3 Å². The first-order chi connectivity index (χ1) is 8.01. The minimum atomic E-state index is -3.64. The molecule has 0 spiro atoms. The molecule has 0 heterocycles. The highest BCUT2D eigenvalue weighted by atomic mass is 32.2. The van der Waals surface area contributed by atoms with E-state index >= 15 is 0 Å². The second kappa shape index (κ2) is 4.52. The Kier molecular flexibility index (Phi) is 3.23. The van der Waals surface area contributed by atoms with Crippen LogP contribution in [0.4, 0.5) is 0 Å². The molecule has 0 aliphatic heterocycles. The zero-order chi connectivity index (χ0) is 12.5. The molecule has 0 atom stereocenters. The third-order valence-corrected chi connectivity index (χ3v) is 4.28. The van der Waals surface area contributed by atoms with Crippen molar-refractivity contribution in [3.63, 3.8) is 0 Å². The zero-order valence-electron chi connectivity index (χ0n) is 9.59. The summed E-state index contributed by atoms with van der Waals surface area (Å²) >= 11 is 0. The molecule has 4 heteroatoms. The third kappa shape index (κ3) is 2.68. The molecule has 1 aromatic carbocycles. The van der Waals surface area contributed by atoms with Crippen molar-refractivity contribution in [3.05, 3.63) is 29.8 Å². The van der Waals surface area contributed by atoms with E-state index in [0.717, 1.165) is 5.56 Å². The molecule has 2 rings (SSSR count). The van der Waals surface area contributed by atoms with Crippen LogP contribution < -0.4 is 0 Å². The molecule has 0 aromatic heterocycles. The predicted molar refractivity (Wildman–Crippen MR) is 64.8 cm³/mol. The summed E-state index contributed by atoms with van der Waals surface area (Å²) in [6.07, 6.45) is 6.22. The Balaban J connectivity index is 2.05. The average molecular weight is 250 g/mol. The summed E-state index contributed by atoms with van der Waals surface area (Å²) in [6.45, 7) is 1.90. The van der Waals surface area contributed by atoms with Crippen LogP contribution in [0.5, 0.6) is 0 Å². The SMILES string of the molecule is C#C[C@H]1C[C@@H](OS(=O)(=O)c2ccc(C)cc2)C1. The summed E-state index contributed by atoms with van der Waals surface area (Å²) < 4.78 is 28.8. The fourth-order valence-electron chi connectivity index (χ4n) is 1.72. The number of aryl methyl sites for hydroxylation is 1. The second-order valence-electron chi connectivity index (χ2n) is 4.32. The highest BCUT2D eigenvalue weighted by Crippen LogP contribution is 2.31. The molecule has 17 heavy (non-hydrogen) atoms. The van der Waals surface area contributed by atoms with E-state index in [1.165, 1.54) is 0 Å². The molecule has 0 unspecified atom stereocenters. The van der Waals surface area contributed by atoms with Crippen LogP contribution in [-0.4, -0.2) is 14.5 Å². The molecule has 1 aliphatic rings. The van der Waals surface area contributed by atoms with Gasteiger partial charge in [0, 0.05) is 5.92 Å². The molecular weight excluding hydrogens is 236 g/mol. The van der Waals surface area contributed by atoms with Crippen LogP contribution >= 0.6 is 0 Å². The summed E-state index contributed by atoms with van der Waals surface area (Å²) in [4.78, 5) is 0.201. The normalized spacial score (nSPS) is 23.8. The number of hydrogen-bond donors (Lipinski definition) is 0. The van der Waals surface area contributed by atoms with Gasteiger partial charge in [-0.1, -0.05) is 17.7 Å². The van der Waals surface area contributed by atoms with Crippen molar-refractivity contribution in [1.29, 1.82) is 0 Å². The highest BCUT2D eigenvalue weighted by molar-refractivity contribution is 7.86. The van der Waals surface area contributed by atoms with E-state index < -0.39 is 10.1 Å². The average Bonchev–Trinajstić information content (AvgIpc) is 2.23. The maximum Gasteiger partial charge on any atom is 0.297 e. The Hall–Kier alpha value is -1.31. The van der Waals surface area contributed by atoms with E-state index in [9.17, 15) is 8.42 Å². The molecule has 1 saturated carbocycles. The predicted octanol–water partition coefficient (Wildman–Crippen LogP) is 2.11. The van der Waals surface area contributed by atoms with Crippen LogP contribution in [0.15, 0.2) is 29.2 Å². The van der Waals surface area contributed by atoms with Crippen molar-refractivity contribution in [1.82, 2.24) is 0 Å². The van der Waals surface area contributed by atoms with Gasteiger partial charge in [-0.15, -0.1) is 12.3 Å². The number of benzene rings is 1. The Bertz CT molecular complexity index is 531. The van der Waals surface area contributed by atoms with Gasteiger partial charge in [0.1, 0.15) is 0 Å². The molecule has 0 bridgehead atoms. The summed E-state index contributed by atoms with van der Waals surface area (Å²) in [6, 6.07) is 6.62. The van der Waals surface area contributed by atoms with Crippen LogP contribution in [0, 0.1) is 25.2 Å². The van der Waals surface area contributed by atoms with Crippen LogP contribution in [0.1, 0.15) is 18.4 Å². The van der Waals surface area contributed by atoms with Crippen LogP contribution in [0.2, 0.25) is 0 Å². The van der Waals surface area contributed by atoms with E-state index in [-0.39, 0.29) is 16.9 Å². The van der Waals surface area contributed by atoms with E-state index in [2.05, 4.69) is 5.92 Å². The summed E-state index contributed by atoms with van der Waals surface area (Å²) in [5.41, 5.74) is 1.01. The first-order valence-corrected chi connectivity index (χ1v) is 6.88. The Morgan fingerprint density at radius 2 is 1.88 bits per heavy atom. The molecular formula is C13H14O3S. The maximum absolute atomic E-state index is 11.9. The topological polar surface area (TPSA) is 43.4 Å². The minimum absolute atomic E-state index is 0.160. The van der Waals surface area contributed by atoms with E-state index in [1.54, 1.807) is 24.3 Å². The van der Waals surface area contributed by atoms with Gasteiger partial charge < -0.3 is 0 Å². The fraction of sp³-hybridized carbons (Fsp3) is 0.385. The standard InChI is InChI=1S/C13H14O3S/c1-3-11-8-12(9-11)16-17(14,15)13-6-4-10(2)5-7-13/h1,4-7,11-12H,8-9H2,2H3/t11-,12+. The molecule has 0 radical (unpaired) electrons.